The van der Waals surface area contributed by atoms with Crippen LogP contribution < -0.4 is 5.32 Å². The van der Waals surface area contributed by atoms with Gasteiger partial charge in [-0.05, 0) is 28.5 Å². The Morgan fingerprint density at radius 1 is 1.61 bits per heavy atom. The number of nitro benzene ring substituents is 1. The molecule has 0 bridgehead atoms. The first kappa shape index (κ1) is 15.1. The van der Waals surface area contributed by atoms with Crippen molar-refractivity contribution in [2.75, 3.05) is 25.6 Å². The topological polar surface area (TPSA) is 64.4 Å². The second kappa shape index (κ2) is 6.83. The quantitative estimate of drug-likeness (QED) is 0.476. The zero-order valence-electron chi connectivity index (χ0n) is 10.1. The van der Waals surface area contributed by atoms with Crippen LogP contribution in [0.3, 0.4) is 0 Å². The van der Waals surface area contributed by atoms with E-state index in [2.05, 4.69) is 5.32 Å². The summed E-state index contributed by atoms with van der Waals surface area (Å²) in [4.78, 5) is 10.3. The molecule has 0 radical (unpaired) electrons. The van der Waals surface area contributed by atoms with E-state index < -0.39 is 10.7 Å². The second-order valence-electron chi connectivity index (χ2n) is 3.98. The van der Waals surface area contributed by atoms with E-state index >= 15 is 0 Å². The summed E-state index contributed by atoms with van der Waals surface area (Å²) in [6, 6.07) is 2.37. The van der Waals surface area contributed by atoms with Crippen molar-refractivity contribution < 1.29 is 14.1 Å². The smallest absolute Gasteiger partial charge is 0.293 e. The Hall–Kier alpha value is -0.960. The molecule has 0 aromatic heterocycles. The zero-order chi connectivity index (χ0) is 13.7. The SMILES string of the molecule is COCC(C)CNc1cc(F)c(I)cc1[N+](=O)[O-]. The Bertz CT molecular complexity index is 443. The van der Waals surface area contributed by atoms with E-state index in [-0.39, 0.29) is 20.9 Å². The lowest BCUT2D eigenvalue weighted by molar-refractivity contribution is -0.384. The van der Waals surface area contributed by atoms with Crippen LogP contribution in [-0.2, 0) is 4.74 Å². The van der Waals surface area contributed by atoms with E-state index in [0.717, 1.165) is 6.07 Å². The number of hydrogen-bond acceptors (Lipinski definition) is 4. The first-order valence-corrected chi connectivity index (χ1v) is 6.39. The van der Waals surface area contributed by atoms with E-state index in [1.165, 1.54) is 6.07 Å². The molecule has 7 heteroatoms. The van der Waals surface area contributed by atoms with E-state index in [1.807, 2.05) is 6.92 Å². The highest BCUT2D eigenvalue weighted by Gasteiger charge is 2.17. The van der Waals surface area contributed by atoms with Crippen LogP contribution in [-0.4, -0.2) is 25.2 Å². The van der Waals surface area contributed by atoms with Crippen LogP contribution in [0.25, 0.3) is 0 Å². The van der Waals surface area contributed by atoms with Crippen LogP contribution in [0.1, 0.15) is 6.92 Å². The molecule has 18 heavy (non-hydrogen) atoms. The first-order valence-electron chi connectivity index (χ1n) is 5.32. The number of methoxy groups -OCH3 is 1. The lowest BCUT2D eigenvalue weighted by atomic mass is 10.2. The molecule has 1 aromatic rings. The highest BCUT2D eigenvalue weighted by Crippen LogP contribution is 2.28. The Balaban J connectivity index is 2.86. The predicted octanol–water partition coefficient (Wildman–Crippen LogP) is 3.03. The van der Waals surface area contributed by atoms with Crippen molar-refractivity contribution in [2.24, 2.45) is 5.92 Å². The van der Waals surface area contributed by atoms with Gasteiger partial charge in [0.25, 0.3) is 5.69 Å². The third-order valence-electron chi connectivity index (χ3n) is 2.33. The summed E-state index contributed by atoms with van der Waals surface area (Å²) in [5.74, 6) is -0.292. The number of anilines is 1. The summed E-state index contributed by atoms with van der Waals surface area (Å²) in [7, 11) is 1.59. The molecule has 1 atom stereocenters. The van der Waals surface area contributed by atoms with Crippen LogP contribution in [0.4, 0.5) is 15.8 Å². The molecule has 0 aliphatic heterocycles. The molecular weight excluding hydrogens is 354 g/mol. The maximum absolute atomic E-state index is 13.4. The Labute approximate surface area is 118 Å². The van der Waals surface area contributed by atoms with Crippen molar-refractivity contribution in [1.82, 2.24) is 0 Å². The lowest BCUT2D eigenvalue weighted by Gasteiger charge is -2.13. The summed E-state index contributed by atoms with van der Waals surface area (Å²) in [5.41, 5.74) is 0.0753. The van der Waals surface area contributed by atoms with Crippen molar-refractivity contribution in [2.45, 2.75) is 6.92 Å². The highest BCUT2D eigenvalue weighted by atomic mass is 127. The number of nitrogens with zero attached hydrogens (tertiary/aromatic N) is 1. The molecule has 100 valence electrons. The third-order valence-corrected chi connectivity index (χ3v) is 3.15. The summed E-state index contributed by atoms with van der Waals surface area (Å²) in [6.45, 7) is 2.95. The molecule has 1 aromatic carbocycles. The predicted molar refractivity (Wildman–Crippen MR) is 75.3 cm³/mol. The van der Waals surface area contributed by atoms with Gasteiger partial charge in [-0.15, -0.1) is 0 Å². The minimum absolute atomic E-state index is 0.120. The van der Waals surface area contributed by atoms with Gasteiger partial charge in [-0.2, -0.15) is 0 Å². The van der Waals surface area contributed by atoms with Crippen molar-refractivity contribution in [3.8, 4) is 0 Å². The number of ether oxygens (including phenoxy) is 1. The minimum Gasteiger partial charge on any atom is -0.384 e. The summed E-state index contributed by atoms with van der Waals surface area (Å²) < 4.78 is 18.6. The van der Waals surface area contributed by atoms with Gasteiger partial charge < -0.3 is 10.1 Å². The van der Waals surface area contributed by atoms with Gasteiger partial charge in [-0.1, -0.05) is 6.92 Å². The number of halogens is 2. The number of nitrogens with one attached hydrogen (secondary N) is 1. The van der Waals surface area contributed by atoms with Crippen molar-refractivity contribution in [3.05, 3.63) is 31.6 Å². The lowest BCUT2D eigenvalue weighted by Crippen LogP contribution is -2.16. The summed E-state index contributed by atoms with van der Waals surface area (Å²) in [6.07, 6.45) is 0. The number of nitro groups is 1. The van der Waals surface area contributed by atoms with E-state index in [9.17, 15) is 14.5 Å². The van der Waals surface area contributed by atoms with Crippen molar-refractivity contribution in [1.29, 1.82) is 0 Å². The fourth-order valence-electron chi connectivity index (χ4n) is 1.46. The largest absolute Gasteiger partial charge is 0.384 e. The molecular formula is C11H14FIN2O3. The molecule has 0 amide bonds. The van der Waals surface area contributed by atoms with Crippen molar-refractivity contribution in [3.63, 3.8) is 0 Å². The van der Waals surface area contributed by atoms with Crippen LogP contribution in [0.5, 0.6) is 0 Å². The maximum Gasteiger partial charge on any atom is 0.293 e. The van der Waals surface area contributed by atoms with Gasteiger partial charge in [-0.25, -0.2) is 4.39 Å². The highest BCUT2D eigenvalue weighted by molar-refractivity contribution is 14.1. The molecule has 5 nitrogen and oxygen atoms in total. The number of rotatable bonds is 6. The molecule has 1 N–H and O–H groups in total. The summed E-state index contributed by atoms with van der Waals surface area (Å²) in [5, 5.41) is 13.8. The number of benzene rings is 1. The minimum atomic E-state index is -0.523. The van der Waals surface area contributed by atoms with Gasteiger partial charge in [-0.3, -0.25) is 10.1 Å². The normalized spacial score (nSPS) is 12.2. The second-order valence-corrected chi connectivity index (χ2v) is 5.14. The van der Waals surface area contributed by atoms with Crippen LogP contribution in [0.15, 0.2) is 12.1 Å². The van der Waals surface area contributed by atoms with Crippen LogP contribution in [0, 0.1) is 25.4 Å². The van der Waals surface area contributed by atoms with Crippen LogP contribution >= 0.6 is 22.6 Å². The van der Waals surface area contributed by atoms with E-state index in [0.29, 0.717) is 13.2 Å². The van der Waals surface area contributed by atoms with Gasteiger partial charge in [0.2, 0.25) is 0 Å². The standard InChI is InChI=1S/C11H14FIN2O3/c1-7(6-18-2)5-14-10-3-8(12)9(13)4-11(10)15(16)17/h3-4,7,14H,5-6H2,1-2H3. The zero-order valence-corrected chi connectivity index (χ0v) is 12.2. The van der Waals surface area contributed by atoms with Gasteiger partial charge in [0.1, 0.15) is 11.5 Å². The molecule has 0 spiro atoms. The molecule has 0 saturated carbocycles. The Morgan fingerprint density at radius 2 is 2.28 bits per heavy atom. The fourth-order valence-corrected chi connectivity index (χ4v) is 1.91. The summed E-state index contributed by atoms with van der Waals surface area (Å²) >= 11 is 1.73. The maximum atomic E-state index is 13.4. The monoisotopic (exact) mass is 368 g/mol. The average Bonchev–Trinajstić information content (AvgIpc) is 2.30. The van der Waals surface area contributed by atoms with E-state index in [4.69, 9.17) is 4.74 Å². The third kappa shape index (κ3) is 4.05. The molecule has 0 aliphatic carbocycles. The molecule has 0 saturated heterocycles. The van der Waals surface area contributed by atoms with Crippen molar-refractivity contribution >= 4 is 34.0 Å². The molecule has 1 rings (SSSR count). The average molecular weight is 368 g/mol. The van der Waals surface area contributed by atoms with Gasteiger partial charge >= 0.3 is 0 Å². The first-order chi connectivity index (χ1) is 8.45. The molecule has 1 unspecified atom stereocenters. The number of hydrogen-bond donors (Lipinski definition) is 1. The molecule has 0 fully saturated rings. The molecule has 0 heterocycles. The van der Waals surface area contributed by atoms with Gasteiger partial charge in [0.05, 0.1) is 15.1 Å². The fraction of sp³-hybridized carbons (Fsp3) is 0.455. The molecule has 0 aliphatic rings. The van der Waals surface area contributed by atoms with Gasteiger partial charge in [0.15, 0.2) is 0 Å². The van der Waals surface area contributed by atoms with Gasteiger partial charge in [0, 0.05) is 25.8 Å². The Morgan fingerprint density at radius 3 is 2.83 bits per heavy atom. The van der Waals surface area contributed by atoms with E-state index in [1.54, 1.807) is 29.7 Å². The van der Waals surface area contributed by atoms with Crippen LogP contribution in [0.2, 0.25) is 0 Å². The Kier molecular flexibility index (Phi) is 5.73.